The minimum atomic E-state index is 0.760. The zero-order valence-electron chi connectivity index (χ0n) is 9.91. The Morgan fingerprint density at radius 3 is 3.06 bits per heavy atom. The summed E-state index contributed by atoms with van der Waals surface area (Å²) in [5.41, 5.74) is 1.29. The molecule has 3 heteroatoms. The Morgan fingerprint density at radius 1 is 1.62 bits per heavy atom. The van der Waals surface area contributed by atoms with Crippen molar-refractivity contribution < 1.29 is 4.42 Å². The van der Waals surface area contributed by atoms with Gasteiger partial charge in [0.1, 0.15) is 5.76 Å². The highest BCUT2D eigenvalue weighted by Crippen LogP contribution is 2.28. The van der Waals surface area contributed by atoms with Gasteiger partial charge in [0.15, 0.2) is 0 Å². The summed E-state index contributed by atoms with van der Waals surface area (Å²) >= 11 is 0. The summed E-state index contributed by atoms with van der Waals surface area (Å²) in [7, 11) is 1.94. The second-order valence-corrected chi connectivity index (χ2v) is 4.35. The van der Waals surface area contributed by atoms with Crippen LogP contribution in [0, 0.1) is 0 Å². The van der Waals surface area contributed by atoms with Gasteiger partial charge in [-0.05, 0) is 26.0 Å². The molecule has 3 nitrogen and oxygen atoms in total. The average Bonchev–Trinajstić information content (AvgIpc) is 3.03. The van der Waals surface area contributed by atoms with E-state index in [-0.39, 0.29) is 0 Å². The lowest BCUT2D eigenvalue weighted by Gasteiger charge is -2.19. The van der Waals surface area contributed by atoms with Gasteiger partial charge in [-0.2, -0.15) is 0 Å². The molecule has 0 saturated heterocycles. The first-order valence-corrected chi connectivity index (χ1v) is 5.90. The molecule has 1 heterocycles. The van der Waals surface area contributed by atoms with Crippen LogP contribution >= 0.6 is 0 Å². The van der Waals surface area contributed by atoms with Crippen molar-refractivity contribution in [3.63, 3.8) is 0 Å². The summed E-state index contributed by atoms with van der Waals surface area (Å²) in [6.07, 6.45) is 6.41. The zero-order chi connectivity index (χ0) is 11.4. The van der Waals surface area contributed by atoms with E-state index in [4.69, 9.17) is 4.42 Å². The molecule has 0 spiro atoms. The van der Waals surface area contributed by atoms with Gasteiger partial charge in [-0.1, -0.05) is 6.08 Å². The van der Waals surface area contributed by atoms with E-state index < -0.39 is 0 Å². The number of furan rings is 1. The Balaban J connectivity index is 1.99. The molecule has 0 unspecified atom stereocenters. The summed E-state index contributed by atoms with van der Waals surface area (Å²) in [5, 5.41) is 3.13. The Kier molecular flexibility index (Phi) is 3.80. The van der Waals surface area contributed by atoms with Crippen LogP contribution in [0.25, 0.3) is 0 Å². The first-order chi connectivity index (χ1) is 7.85. The van der Waals surface area contributed by atoms with Crippen LogP contribution in [0.2, 0.25) is 0 Å². The molecule has 0 radical (unpaired) electrons. The Labute approximate surface area is 97.1 Å². The molecule has 0 aromatic carbocycles. The molecule has 1 N–H and O–H groups in total. The van der Waals surface area contributed by atoms with Crippen molar-refractivity contribution in [3.05, 3.63) is 36.3 Å². The van der Waals surface area contributed by atoms with Crippen LogP contribution in [0.3, 0.4) is 0 Å². The third-order valence-corrected chi connectivity index (χ3v) is 2.98. The fourth-order valence-corrected chi connectivity index (χ4v) is 1.99. The Morgan fingerprint density at radius 2 is 2.44 bits per heavy atom. The van der Waals surface area contributed by atoms with E-state index in [9.17, 15) is 0 Å². The number of hydrogen-bond donors (Lipinski definition) is 1. The summed E-state index contributed by atoms with van der Waals surface area (Å²) < 4.78 is 5.47. The second kappa shape index (κ2) is 5.32. The van der Waals surface area contributed by atoms with E-state index in [1.807, 2.05) is 13.1 Å². The van der Waals surface area contributed by atoms with Gasteiger partial charge in [0.25, 0.3) is 0 Å². The van der Waals surface area contributed by atoms with Crippen molar-refractivity contribution in [3.8, 4) is 0 Å². The summed E-state index contributed by atoms with van der Waals surface area (Å²) in [5.74, 6) is 1.05. The van der Waals surface area contributed by atoms with Gasteiger partial charge in [-0.15, -0.1) is 6.58 Å². The molecule has 88 valence electrons. The van der Waals surface area contributed by atoms with E-state index in [1.54, 1.807) is 6.26 Å². The van der Waals surface area contributed by atoms with Gasteiger partial charge < -0.3 is 9.73 Å². The van der Waals surface area contributed by atoms with Crippen LogP contribution in [-0.4, -0.2) is 24.5 Å². The molecule has 1 aromatic heterocycles. The minimum Gasteiger partial charge on any atom is -0.468 e. The highest BCUT2D eigenvalue weighted by Gasteiger charge is 2.28. The standard InChI is InChI=1S/C13H20N2O/c1-3-7-15(12-4-5-12)10-11-6-8-16-13(11)9-14-2/h3,6,8,12,14H,1,4-5,7,9-10H2,2H3. The molecule has 1 saturated carbocycles. The van der Waals surface area contributed by atoms with Crippen molar-refractivity contribution in [1.29, 1.82) is 0 Å². The van der Waals surface area contributed by atoms with E-state index >= 15 is 0 Å². The number of nitrogens with one attached hydrogen (secondary N) is 1. The van der Waals surface area contributed by atoms with Gasteiger partial charge in [0.05, 0.1) is 12.8 Å². The van der Waals surface area contributed by atoms with Crippen LogP contribution in [0.1, 0.15) is 24.2 Å². The van der Waals surface area contributed by atoms with Gasteiger partial charge in [-0.3, -0.25) is 4.90 Å². The molecular weight excluding hydrogens is 200 g/mol. The predicted molar refractivity (Wildman–Crippen MR) is 65.1 cm³/mol. The summed E-state index contributed by atoms with van der Waals surface area (Å²) in [6.45, 7) is 6.57. The highest BCUT2D eigenvalue weighted by molar-refractivity contribution is 5.17. The Hall–Kier alpha value is -1.06. The maximum absolute atomic E-state index is 5.47. The third-order valence-electron chi connectivity index (χ3n) is 2.98. The lowest BCUT2D eigenvalue weighted by atomic mass is 10.2. The molecule has 16 heavy (non-hydrogen) atoms. The van der Waals surface area contributed by atoms with E-state index in [0.717, 1.165) is 31.4 Å². The summed E-state index contributed by atoms with van der Waals surface area (Å²) in [4.78, 5) is 2.47. The largest absolute Gasteiger partial charge is 0.468 e. The first kappa shape index (κ1) is 11.4. The van der Waals surface area contributed by atoms with Crippen molar-refractivity contribution >= 4 is 0 Å². The molecule has 2 rings (SSSR count). The van der Waals surface area contributed by atoms with E-state index in [1.165, 1.54) is 18.4 Å². The van der Waals surface area contributed by atoms with Crippen molar-refractivity contribution in [2.45, 2.75) is 32.0 Å². The number of hydrogen-bond acceptors (Lipinski definition) is 3. The highest BCUT2D eigenvalue weighted by atomic mass is 16.3. The van der Waals surface area contributed by atoms with Crippen molar-refractivity contribution in [1.82, 2.24) is 10.2 Å². The minimum absolute atomic E-state index is 0.760. The molecule has 1 aromatic rings. The fraction of sp³-hybridized carbons (Fsp3) is 0.538. The van der Waals surface area contributed by atoms with Crippen LogP contribution in [0.15, 0.2) is 29.4 Å². The Bertz CT molecular complexity index is 341. The zero-order valence-corrected chi connectivity index (χ0v) is 9.91. The number of nitrogens with zero attached hydrogens (tertiary/aromatic N) is 1. The molecular formula is C13H20N2O. The van der Waals surface area contributed by atoms with Gasteiger partial charge in [0.2, 0.25) is 0 Å². The van der Waals surface area contributed by atoms with E-state index in [2.05, 4.69) is 22.9 Å². The summed E-state index contributed by atoms with van der Waals surface area (Å²) in [6, 6.07) is 2.83. The van der Waals surface area contributed by atoms with Crippen molar-refractivity contribution in [2.24, 2.45) is 0 Å². The molecule has 0 amide bonds. The van der Waals surface area contributed by atoms with Gasteiger partial charge in [0, 0.05) is 24.7 Å². The maximum atomic E-state index is 5.47. The lowest BCUT2D eigenvalue weighted by Crippen LogP contribution is -2.26. The molecule has 0 aliphatic heterocycles. The SMILES string of the molecule is C=CCN(Cc1ccoc1CNC)C1CC1. The molecule has 1 aliphatic carbocycles. The van der Waals surface area contributed by atoms with Gasteiger partial charge in [-0.25, -0.2) is 0 Å². The first-order valence-electron chi connectivity index (χ1n) is 5.90. The third kappa shape index (κ3) is 2.74. The van der Waals surface area contributed by atoms with Crippen LogP contribution in [0.4, 0.5) is 0 Å². The normalized spacial score (nSPS) is 15.6. The van der Waals surface area contributed by atoms with Crippen LogP contribution < -0.4 is 5.32 Å². The second-order valence-electron chi connectivity index (χ2n) is 4.35. The predicted octanol–water partition coefficient (Wildman–Crippen LogP) is 2.15. The van der Waals surface area contributed by atoms with Gasteiger partial charge >= 0.3 is 0 Å². The number of rotatable bonds is 7. The van der Waals surface area contributed by atoms with Crippen LogP contribution in [0.5, 0.6) is 0 Å². The lowest BCUT2D eigenvalue weighted by molar-refractivity contribution is 0.281. The maximum Gasteiger partial charge on any atom is 0.122 e. The molecule has 0 atom stereocenters. The fourth-order valence-electron chi connectivity index (χ4n) is 1.99. The quantitative estimate of drug-likeness (QED) is 0.714. The molecule has 0 bridgehead atoms. The van der Waals surface area contributed by atoms with Crippen LogP contribution in [-0.2, 0) is 13.1 Å². The monoisotopic (exact) mass is 220 g/mol. The molecule has 1 fully saturated rings. The average molecular weight is 220 g/mol. The van der Waals surface area contributed by atoms with E-state index in [0.29, 0.717) is 0 Å². The smallest absolute Gasteiger partial charge is 0.122 e. The topological polar surface area (TPSA) is 28.4 Å². The molecule has 1 aliphatic rings. The van der Waals surface area contributed by atoms with Crippen molar-refractivity contribution in [2.75, 3.05) is 13.6 Å².